The molecule has 2 heterocycles. The minimum atomic E-state index is -1.36. The standard InChI is InChI=1S/C16H8F3NO3S/c1-6(21)11-13-14(24-15(11)16(22)23)8(2-3-20-13)9-4-7(17)5-10(18)12(9)19/h2-5H,1H3,(H,22,23). The van der Waals surface area contributed by atoms with Crippen molar-refractivity contribution in [1.29, 1.82) is 0 Å². The molecule has 4 nitrogen and oxygen atoms in total. The number of aromatic nitrogens is 1. The number of carbonyl (C=O) groups excluding carboxylic acids is 1. The van der Waals surface area contributed by atoms with Crippen LogP contribution in [0.3, 0.4) is 0 Å². The second-order valence-corrected chi connectivity index (χ2v) is 5.97. The Balaban J connectivity index is 2.42. The van der Waals surface area contributed by atoms with Crippen molar-refractivity contribution in [3.63, 3.8) is 0 Å². The number of aromatic carboxylic acids is 1. The Bertz CT molecular complexity index is 1010. The first-order valence-electron chi connectivity index (χ1n) is 6.62. The summed E-state index contributed by atoms with van der Waals surface area (Å²) in [6.45, 7) is 1.19. The van der Waals surface area contributed by atoms with Crippen LogP contribution in [0.15, 0.2) is 24.4 Å². The number of hydrogen-bond donors (Lipinski definition) is 1. The molecule has 122 valence electrons. The third-order valence-electron chi connectivity index (χ3n) is 3.40. The second-order valence-electron chi connectivity index (χ2n) is 4.95. The average Bonchev–Trinajstić information content (AvgIpc) is 2.90. The van der Waals surface area contributed by atoms with Crippen molar-refractivity contribution in [2.75, 3.05) is 0 Å². The lowest BCUT2D eigenvalue weighted by Gasteiger charge is -2.06. The number of benzene rings is 1. The first-order chi connectivity index (χ1) is 11.3. The second kappa shape index (κ2) is 5.72. The smallest absolute Gasteiger partial charge is 0.346 e. The highest BCUT2D eigenvalue weighted by molar-refractivity contribution is 7.21. The minimum Gasteiger partial charge on any atom is -0.477 e. The number of ketones is 1. The van der Waals surface area contributed by atoms with Crippen LogP contribution in [-0.4, -0.2) is 21.8 Å². The molecule has 3 aromatic rings. The molecule has 0 unspecified atom stereocenters. The predicted octanol–water partition coefficient (Wildman–Crippen LogP) is 4.28. The first-order valence-corrected chi connectivity index (χ1v) is 7.43. The summed E-state index contributed by atoms with van der Waals surface area (Å²) in [4.78, 5) is 26.9. The number of halogens is 3. The van der Waals surface area contributed by atoms with Gasteiger partial charge in [0.15, 0.2) is 17.4 Å². The maximum Gasteiger partial charge on any atom is 0.346 e. The molecule has 3 rings (SSSR count). The molecule has 0 aliphatic heterocycles. The van der Waals surface area contributed by atoms with Crippen LogP contribution in [0.1, 0.15) is 27.0 Å². The summed E-state index contributed by atoms with van der Waals surface area (Å²) in [7, 11) is 0. The van der Waals surface area contributed by atoms with Gasteiger partial charge >= 0.3 is 5.97 Å². The Morgan fingerprint density at radius 2 is 1.88 bits per heavy atom. The van der Waals surface area contributed by atoms with Crippen molar-refractivity contribution >= 4 is 33.3 Å². The van der Waals surface area contributed by atoms with Crippen molar-refractivity contribution in [3.8, 4) is 11.1 Å². The Hall–Kier alpha value is -2.74. The van der Waals surface area contributed by atoms with E-state index in [4.69, 9.17) is 0 Å². The zero-order valence-electron chi connectivity index (χ0n) is 12.1. The first kappa shape index (κ1) is 16.1. The van der Waals surface area contributed by atoms with E-state index < -0.39 is 29.2 Å². The number of carboxylic acid groups (broad SMARTS) is 1. The number of fused-ring (bicyclic) bond motifs is 1. The third kappa shape index (κ3) is 2.44. The van der Waals surface area contributed by atoms with Crippen LogP contribution in [0.25, 0.3) is 21.3 Å². The Morgan fingerprint density at radius 1 is 1.17 bits per heavy atom. The lowest BCUT2D eigenvalue weighted by molar-refractivity contribution is 0.0698. The highest BCUT2D eigenvalue weighted by atomic mass is 32.1. The number of nitrogens with zero attached hydrogens (tertiary/aromatic N) is 1. The SMILES string of the molecule is CC(=O)c1c(C(=O)O)sc2c(-c3cc(F)cc(F)c3F)ccnc12. The molecule has 0 spiro atoms. The van der Waals surface area contributed by atoms with Crippen molar-refractivity contribution in [2.24, 2.45) is 0 Å². The van der Waals surface area contributed by atoms with E-state index in [-0.39, 0.29) is 31.8 Å². The van der Waals surface area contributed by atoms with Crippen LogP contribution in [0.5, 0.6) is 0 Å². The van der Waals surface area contributed by atoms with Gasteiger partial charge in [-0.2, -0.15) is 0 Å². The summed E-state index contributed by atoms with van der Waals surface area (Å²) in [5, 5.41) is 9.26. The summed E-state index contributed by atoms with van der Waals surface area (Å²) < 4.78 is 41.2. The molecule has 0 saturated heterocycles. The number of carbonyl (C=O) groups is 2. The molecule has 0 aliphatic carbocycles. The number of rotatable bonds is 3. The number of pyridine rings is 1. The predicted molar refractivity (Wildman–Crippen MR) is 81.9 cm³/mol. The molecule has 0 amide bonds. The fourth-order valence-corrected chi connectivity index (χ4v) is 3.60. The Morgan fingerprint density at radius 3 is 2.50 bits per heavy atom. The number of carboxylic acids is 1. The van der Waals surface area contributed by atoms with Gasteiger partial charge in [0.25, 0.3) is 0 Å². The zero-order chi connectivity index (χ0) is 17.6. The van der Waals surface area contributed by atoms with Crippen LogP contribution >= 0.6 is 11.3 Å². The number of hydrogen-bond acceptors (Lipinski definition) is 4. The largest absolute Gasteiger partial charge is 0.477 e. The van der Waals surface area contributed by atoms with E-state index in [9.17, 15) is 27.9 Å². The molecule has 0 saturated carbocycles. The van der Waals surface area contributed by atoms with E-state index >= 15 is 0 Å². The normalized spacial score (nSPS) is 11.0. The molecular formula is C16H8F3NO3S. The van der Waals surface area contributed by atoms with Crippen molar-refractivity contribution < 1.29 is 27.9 Å². The quantitative estimate of drug-likeness (QED) is 0.565. The van der Waals surface area contributed by atoms with Gasteiger partial charge in [0.1, 0.15) is 10.7 Å². The topological polar surface area (TPSA) is 67.3 Å². The summed E-state index contributed by atoms with van der Waals surface area (Å²) in [6.07, 6.45) is 1.23. The molecule has 0 aliphatic rings. The zero-order valence-corrected chi connectivity index (χ0v) is 12.9. The third-order valence-corrected chi connectivity index (χ3v) is 4.60. The van der Waals surface area contributed by atoms with Gasteiger partial charge in [-0.25, -0.2) is 18.0 Å². The van der Waals surface area contributed by atoms with Crippen LogP contribution in [-0.2, 0) is 0 Å². The molecule has 0 radical (unpaired) electrons. The molecule has 24 heavy (non-hydrogen) atoms. The monoisotopic (exact) mass is 351 g/mol. The Labute approximate surface area is 137 Å². The lowest BCUT2D eigenvalue weighted by Crippen LogP contribution is -2.02. The number of thiophene rings is 1. The summed E-state index contributed by atoms with van der Waals surface area (Å²) >= 11 is 0.708. The molecule has 1 N–H and O–H groups in total. The molecule has 0 atom stereocenters. The van der Waals surface area contributed by atoms with Gasteiger partial charge in [-0.15, -0.1) is 11.3 Å². The van der Waals surface area contributed by atoms with Crippen LogP contribution in [0, 0.1) is 17.5 Å². The Kier molecular flexibility index (Phi) is 3.84. The van der Waals surface area contributed by atoms with Crippen LogP contribution in [0.2, 0.25) is 0 Å². The fraction of sp³-hybridized carbons (Fsp3) is 0.0625. The highest BCUT2D eigenvalue weighted by Crippen LogP contribution is 2.38. The van der Waals surface area contributed by atoms with E-state index in [0.29, 0.717) is 17.4 Å². The van der Waals surface area contributed by atoms with Gasteiger partial charge in [0.05, 0.1) is 15.8 Å². The fourth-order valence-electron chi connectivity index (χ4n) is 2.43. The summed E-state index contributed by atoms with van der Waals surface area (Å²) in [5.74, 6) is -5.46. The van der Waals surface area contributed by atoms with Crippen molar-refractivity contribution in [1.82, 2.24) is 4.98 Å². The van der Waals surface area contributed by atoms with Gasteiger partial charge in [-0.05, 0) is 19.1 Å². The van der Waals surface area contributed by atoms with E-state index in [1.807, 2.05) is 0 Å². The van der Waals surface area contributed by atoms with E-state index in [2.05, 4.69) is 4.98 Å². The molecular weight excluding hydrogens is 343 g/mol. The molecule has 2 aromatic heterocycles. The van der Waals surface area contributed by atoms with Crippen molar-refractivity contribution in [2.45, 2.75) is 6.92 Å². The van der Waals surface area contributed by atoms with E-state index in [0.717, 1.165) is 6.07 Å². The van der Waals surface area contributed by atoms with Gasteiger partial charge in [-0.3, -0.25) is 9.78 Å². The van der Waals surface area contributed by atoms with E-state index in [1.165, 1.54) is 19.2 Å². The summed E-state index contributed by atoms with van der Waals surface area (Å²) in [6, 6.07) is 2.53. The molecule has 0 bridgehead atoms. The van der Waals surface area contributed by atoms with Gasteiger partial charge < -0.3 is 5.11 Å². The molecule has 8 heteroatoms. The average molecular weight is 351 g/mol. The van der Waals surface area contributed by atoms with Gasteiger partial charge in [0.2, 0.25) is 0 Å². The van der Waals surface area contributed by atoms with Gasteiger partial charge in [-0.1, -0.05) is 0 Å². The van der Waals surface area contributed by atoms with E-state index in [1.54, 1.807) is 0 Å². The number of Topliss-reactive ketones (excluding diaryl/α,β-unsaturated/α-hetero) is 1. The minimum absolute atomic E-state index is 0.0615. The lowest BCUT2D eigenvalue weighted by atomic mass is 10.0. The maximum atomic E-state index is 14.1. The van der Waals surface area contributed by atoms with Gasteiger partial charge in [0, 0.05) is 23.4 Å². The molecule has 1 aromatic carbocycles. The van der Waals surface area contributed by atoms with Crippen LogP contribution in [0.4, 0.5) is 13.2 Å². The highest BCUT2D eigenvalue weighted by Gasteiger charge is 2.25. The summed E-state index contributed by atoms with van der Waals surface area (Å²) in [5.41, 5.74) is -0.350. The van der Waals surface area contributed by atoms with Crippen molar-refractivity contribution in [3.05, 3.63) is 52.3 Å². The maximum absolute atomic E-state index is 14.1. The molecule has 0 fully saturated rings. The van der Waals surface area contributed by atoms with Crippen LogP contribution < -0.4 is 0 Å².